The Hall–Kier alpha value is -5.22. The second kappa shape index (κ2) is 6.49. The molecule has 5 heterocycles. The second-order valence-corrected chi connectivity index (χ2v) is 11.7. The van der Waals surface area contributed by atoms with Crippen molar-refractivity contribution in [2.75, 3.05) is 0 Å². The lowest BCUT2D eigenvalue weighted by atomic mass is 9.94. The fraction of sp³-hybridized carbons (Fsp3) is 0.0556. The Labute approximate surface area is 226 Å². The van der Waals surface area contributed by atoms with Gasteiger partial charge in [0.1, 0.15) is 0 Å². The molecule has 8 bridgehead atoms. The summed E-state index contributed by atoms with van der Waals surface area (Å²) in [5.41, 5.74) is 11.5. The molecule has 0 aliphatic carbocycles. The zero-order valence-corrected chi connectivity index (χ0v) is 21.4. The van der Waals surface area contributed by atoms with E-state index in [0.717, 1.165) is 57.3 Å². The van der Waals surface area contributed by atoms with Gasteiger partial charge in [-0.3, -0.25) is 9.97 Å². The topological polar surface area (TPSA) is 57.4 Å². The van der Waals surface area contributed by atoms with Crippen molar-refractivity contribution in [2.24, 2.45) is 0 Å². The molecule has 4 heteroatoms. The number of hydrogen-bond acceptors (Lipinski definition) is 2. The molecule has 2 aliphatic rings. The molecule has 0 radical (unpaired) electrons. The predicted octanol–water partition coefficient (Wildman–Crippen LogP) is 8.73. The Morgan fingerprint density at radius 1 is 0.450 bits per heavy atom. The monoisotopic (exact) mass is 508 g/mol. The van der Waals surface area contributed by atoms with Gasteiger partial charge in [-0.1, -0.05) is 36.4 Å². The van der Waals surface area contributed by atoms with Gasteiger partial charge in [-0.05, 0) is 81.2 Å². The standard InChI is InChI=1S/C36H20N4/c1-3-17-7-21-11-25-15-27-13-23-9-19-5-2-6-20-10-24-14-28(40-36(24)32(30(19)20)35(23)39-27)16-26-12-22-8-18(4-1)29(17)31(33(21)37-25)34(22)38-26/h1-11,14-16,37,40H,12-13H2. The largest absolute Gasteiger partial charge is 0.354 e. The van der Waals surface area contributed by atoms with E-state index in [1.807, 2.05) is 0 Å². The molecule has 6 aromatic carbocycles. The molecule has 40 heavy (non-hydrogen) atoms. The maximum Gasteiger partial charge on any atom is 0.0769 e. The van der Waals surface area contributed by atoms with E-state index in [1.165, 1.54) is 65.0 Å². The van der Waals surface area contributed by atoms with Crippen LogP contribution in [0.25, 0.3) is 87.0 Å². The minimum Gasteiger partial charge on any atom is -0.354 e. The summed E-state index contributed by atoms with van der Waals surface area (Å²) in [4.78, 5) is 18.1. The number of aromatic amines is 2. The van der Waals surface area contributed by atoms with Crippen LogP contribution in [0.5, 0.6) is 0 Å². The van der Waals surface area contributed by atoms with Gasteiger partial charge in [-0.25, -0.2) is 0 Å². The summed E-state index contributed by atoms with van der Waals surface area (Å²) in [5.74, 6) is 0. The van der Waals surface area contributed by atoms with Crippen molar-refractivity contribution >= 4 is 87.0 Å². The van der Waals surface area contributed by atoms with Crippen LogP contribution >= 0.6 is 0 Å². The highest BCUT2D eigenvalue weighted by molar-refractivity contribution is 6.28. The van der Waals surface area contributed by atoms with Crippen LogP contribution < -0.4 is 0 Å². The van der Waals surface area contributed by atoms with E-state index in [1.54, 1.807) is 0 Å². The lowest BCUT2D eigenvalue weighted by Gasteiger charge is -2.09. The molecule has 11 rings (SSSR count). The second-order valence-electron chi connectivity index (χ2n) is 11.7. The molecule has 0 unspecified atom stereocenters. The van der Waals surface area contributed by atoms with E-state index >= 15 is 0 Å². The molecule has 9 aromatic rings. The third-order valence-electron chi connectivity index (χ3n) is 9.26. The van der Waals surface area contributed by atoms with Crippen molar-refractivity contribution in [2.45, 2.75) is 12.8 Å². The number of fused-ring (bicyclic) bond motifs is 4. The molecule has 0 amide bonds. The number of hydrogen-bond donors (Lipinski definition) is 2. The smallest absolute Gasteiger partial charge is 0.0769 e. The predicted molar refractivity (Wildman–Crippen MR) is 165 cm³/mol. The van der Waals surface area contributed by atoms with Crippen LogP contribution in [0.4, 0.5) is 0 Å². The van der Waals surface area contributed by atoms with Gasteiger partial charge in [0.2, 0.25) is 0 Å². The number of benzene rings is 6. The molecule has 0 saturated heterocycles. The maximum absolute atomic E-state index is 5.28. The van der Waals surface area contributed by atoms with Crippen molar-refractivity contribution in [3.63, 3.8) is 0 Å². The maximum atomic E-state index is 5.28. The normalized spacial score (nSPS) is 13.8. The number of aromatic nitrogens is 4. The van der Waals surface area contributed by atoms with Crippen molar-refractivity contribution in [1.29, 1.82) is 0 Å². The Balaban J connectivity index is 1.40. The van der Waals surface area contributed by atoms with Gasteiger partial charge in [0.15, 0.2) is 0 Å². The number of H-pyrrole nitrogens is 2. The van der Waals surface area contributed by atoms with E-state index in [0.29, 0.717) is 0 Å². The SMILES string of the molecule is c1cc2cc3c4nc(cc5cc6cc7cccc8cc9c(nc(cc%10cc%11cc(c1)c2c4c%11[nH]%10)C9)c(c6[nH]5)c87)C3. The third kappa shape index (κ3) is 2.35. The van der Waals surface area contributed by atoms with E-state index in [2.05, 4.69) is 94.9 Å². The molecular weight excluding hydrogens is 488 g/mol. The summed E-state index contributed by atoms with van der Waals surface area (Å²) >= 11 is 0. The highest BCUT2D eigenvalue weighted by Crippen LogP contribution is 2.42. The van der Waals surface area contributed by atoms with Gasteiger partial charge in [0.25, 0.3) is 0 Å². The number of nitrogens with one attached hydrogen (secondary N) is 2. The molecular formula is C36H20N4. The van der Waals surface area contributed by atoms with E-state index < -0.39 is 0 Å². The molecule has 0 saturated carbocycles. The van der Waals surface area contributed by atoms with Crippen LogP contribution in [0.1, 0.15) is 22.5 Å². The summed E-state index contributed by atoms with van der Waals surface area (Å²) in [6.45, 7) is 0. The van der Waals surface area contributed by atoms with Crippen LogP contribution in [0.2, 0.25) is 0 Å². The number of rotatable bonds is 0. The average molecular weight is 509 g/mol. The summed E-state index contributed by atoms with van der Waals surface area (Å²) < 4.78 is 0. The van der Waals surface area contributed by atoms with E-state index in [9.17, 15) is 0 Å². The van der Waals surface area contributed by atoms with Gasteiger partial charge >= 0.3 is 0 Å². The molecule has 0 fully saturated rings. The first-order valence-corrected chi connectivity index (χ1v) is 13.9. The molecule has 2 aliphatic heterocycles. The summed E-state index contributed by atoms with van der Waals surface area (Å²) in [6, 6.07) is 31.6. The summed E-state index contributed by atoms with van der Waals surface area (Å²) in [6.07, 6.45) is 1.65. The molecule has 0 atom stereocenters. The Morgan fingerprint density at radius 3 is 1.38 bits per heavy atom. The molecule has 2 N–H and O–H groups in total. The Bertz CT molecular complexity index is 2520. The first-order valence-electron chi connectivity index (χ1n) is 13.9. The van der Waals surface area contributed by atoms with Crippen molar-refractivity contribution < 1.29 is 0 Å². The van der Waals surface area contributed by atoms with Crippen LogP contribution in [0, 0.1) is 0 Å². The van der Waals surface area contributed by atoms with Crippen LogP contribution in [-0.4, -0.2) is 19.9 Å². The molecule has 3 aromatic heterocycles. The van der Waals surface area contributed by atoms with Gasteiger partial charge in [-0.2, -0.15) is 0 Å². The lowest BCUT2D eigenvalue weighted by Crippen LogP contribution is -1.87. The number of nitrogens with zero attached hydrogens (tertiary/aromatic N) is 2. The Kier molecular flexibility index (Phi) is 3.21. The molecule has 4 nitrogen and oxygen atoms in total. The third-order valence-corrected chi connectivity index (χ3v) is 9.26. The first-order chi connectivity index (χ1) is 19.7. The van der Waals surface area contributed by atoms with Gasteiger partial charge in [0.05, 0.1) is 22.1 Å². The van der Waals surface area contributed by atoms with E-state index in [4.69, 9.17) is 9.97 Å². The lowest BCUT2D eigenvalue weighted by molar-refractivity contribution is 1.20. The minimum absolute atomic E-state index is 0.826. The molecule has 0 spiro atoms. The fourth-order valence-electron chi connectivity index (χ4n) is 7.72. The quantitative estimate of drug-likeness (QED) is 0.215. The van der Waals surface area contributed by atoms with Crippen LogP contribution in [0.15, 0.2) is 84.9 Å². The Morgan fingerprint density at radius 2 is 0.900 bits per heavy atom. The van der Waals surface area contributed by atoms with Gasteiger partial charge < -0.3 is 9.97 Å². The van der Waals surface area contributed by atoms with Crippen molar-refractivity contribution in [3.05, 3.63) is 107 Å². The highest BCUT2D eigenvalue weighted by atomic mass is 14.8. The average Bonchev–Trinajstić information content (AvgIpc) is 3.72. The first kappa shape index (κ1) is 19.8. The van der Waals surface area contributed by atoms with Gasteiger partial charge in [-0.15, -0.1) is 0 Å². The highest BCUT2D eigenvalue weighted by Gasteiger charge is 2.21. The molecule has 184 valence electrons. The minimum atomic E-state index is 0.826. The van der Waals surface area contributed by atoms with Crippen LogP contribution in [0.3, 0.4) is 0 Å². The zero-order valence-electron chi connectivity index (χ0n) is 21.4. The van der Waals surface area contributed by atoms with Crippen molar-refractivity contribution in [3.8, 4) is 0 Å². The van der Waals surface area contributed by atoms with Crippen molar-refractivity contribution in [1.82, 2.24) is 19.9 Å². The zero-order chi connectivity index (χ0) is 25.7. The van der Waals surface area contributed by atoms with E-state index in [-0.39, 0.29) is 0 Å². The van der Waals surface area contributed by atoms with Crippen LogP contribution in [-0.2, 0) is 12.8 Å². The summed E-state index contributed by atoms with van der Waals surface area (Å²) in [5, 5.41) is 12.5. The fourth-order valence-corrected chi connectivity index (χ4v) is 7.72. The summed E-state index contributed by atoms with van der Waals surface area (Å²) in [7, 11) is 0. The van der Waals surface area contributed by atoms with Gasteiger partial charge in [0, 0.05) is 67.6 Å².